The van der Waals surface area contributed by atoms with Crippen LogP contribution in [0, 0.1) is 5.82 Å². The minimum absolute atomic E-state index is 0.130. The molecule has 0 aliphatic carbocycles. The highest BCUT2D eigenvalue weighted by Gasteiger charge is 2.10. The number of nitrogens with one attached hydrogen (secondary N) is 1. The van der Waals surface area contributed by atoms with Crippen LogP contribution in [-0.4, -0.2) is 25.7 Å². The van der Waals surface area contributed by atoms with E-state index in [9.17, 15) is 9.18 Å². The van der Waals surface area contributed by atoms with E-state index in [-0.39, 0.29) is 24.2 Å². The molecule has 1 rings (SSSR count). The van der Waals surface area contributed by atoms with Gasteiger partial charge in [0.2, 0.25) is 0 Å². The zero-order valence-electron chi connectivity index (χ0n) is 10.8. The van der Waals surface area contributed by atoms with Crippen molar-refractivity contribution in [3.05, 3.63) is 24.0 Å². The van der Waals surface area contributed by atoms with Crippen molar-refractivity contribution in [2.24, 2.45) is 0 Å². The molecular formula is C13H18FNO3. The predicted molar refractivity (Wildman–Crippen MR) is 67.3 cm³/mol. The topological polar surface area (TPSA) is 47.6 Å². The maximum absolute atomic E-state index is 13.6. The molecule has 0 fully saturated rings. The minimum Gasteiger partial charge on any atom is -0.491 e. The molecule has 1 N–H and O–H groups in total. The van der Waals surface area contributed by atoms with Crippen LogP contribution in [0.15, 0.2) is 18.2 Å². The van der Waals surface area contributed by atoms with Crippen molar-refractivity contribution in [3.63, 3.8) is 0 Å². The van der Waals surface area contributed by atoms with E-state index >= 15 is 0 Å². The first-order valence-corrected chi connectivity index (χ1v) is 5.82. The smallest absolute Gasteiger partial charge is 0.307 e. The molecule has 0 radical (unpaired) electrons. The quantitative estimate of drug-likeness (QED) is 0.794. The summed E-state index contributed by atoms with van der Waals surface area (Å²) in [5.74, 6) is -0.503. The van der Waals surface area contributed by atoms with Crippen molar-refractivity contribution >= 4 is 11.7 Å². The average molecular weight is 255 g/mol. The van der Waals surface area contributed by atoms with Gasteiger partial charge in [-0.2, -0.15) is 0 Å². The number of anilines is 1. The minimum atomic E-state index is -0.424. The third-order valence-corrected chi connectivity index (χ3v) is 2.35. The number of hydrogen-bond donors (Lipinski definition) is 1. The molecular weight excluding hydrogens is 237 g/mol. The first-order valence-electron chi connectivity index (χ1n) is 5.82. The summed E-state index contributed by atoms with van der Waals surface area (Å²) in [5.41, 5.74) is 0.604. The van der Waals surface area contributed by atoms with Gasteiger partial charge in [0.15, 0.2) is 11.6 Å². The van der Waals surface area contributed by atoms with Crippen LogP contribution in [0.5, 0.6) is 5.75 Å². The van der Waals surface area contributed by atoms with Crippen molar-refractivity contribution in [2.45, 2.75) is 26.3 Å². The second-order valence-corrected chi connectivity index (χ2v) is 3.90. The van der Waals surface area contributed by atoms with Crippen molar-refractivity contribution in [1.82, 2.24) is 0 Å². The predicted octanol–water partition coefficient (Wildman–Crippen LogP) is 2.59. The SMILES string of the molecule is CCOc1ccc(NC(C)CC(=O)OC)cc1F. The highest BCUT2D eigenvalue weighted by molar-refractivity contribution is 5.70. The summed E-state index contributed by atoms with van der Waals surface area (Å²) < 4.78 is 23.2. The lowest BCUT2D eigenvalue weighted by Gasteiger charge is -2.14. The molecule has 0 aliphatic rings. The Balaban J connectivity index is 2.62. The van der Waals surface area contributed by atoms with E-state index in [1.54, 1.807) is 19.1 Å². The van der Waals surface area contributed by atoms with E-state index in [1.165, 1.54) is 13.2 Å². The van der Waals surface area contributed by atoms with Gasteiger partial charge in [-0.15, -0.1) is 0 Å². The Morgan fingerprint density at radius 2 is 2.22 bits per heavy atom. The number of carbonyl (C=O) groups excluding carboxylic acids is 1. The Hall–Kier alpha value is -1.78. The number of hydrogen-bond acceptors (Lipinski definition) is 4. The highest BCUT2D eigenvalue weighted by atomic mass is 19.1. The summed E-state index contributed by atoms with van der Waals surface area (Å²) in [6.07, 6.45) is 0.228. The van der Waals surface area contributed by atoms with Crippen molar-refractivity contribution < 1.29 is 18.7 Å². The van der Waals surface area contributed by atoms with E-state index < -0.39 is 5.82 Å². The number of halogens is 1. The van der Waals surface area contributed by atoms with E-state index in [2.05, 4.69) is 10.1 Å². The third kappa shape index (κ3) is 4.24. The summed E-state index contributed by atoms with van der Waals surface area (Å²) in [7, 11) is 1.34. The van der Waals surface area contributed by atoms with E-state index in [0.29, 0.717) is 12.3 Å². The van der Waals surface area contributed by atoms with Crippen LogP contribution in [0.4, 0.5) is 10.1 Å². The number of esters is 1. The zero-order valence-corrected chi connectivity index (χ0v) is 10.8. The Morgan fingerprint density at radius 1 is 1.50 bits per heavy atom. The second-order valence-electron chi connectivity index (χ2n) is 3.90. The van der Waals surface area contributed by atoms with Gasteiger partial charge in [0.1, 0.15) is 0 Å². The van der Waals surface area contributed by atoms with Crippen LogP contribution in [0.25, 0.3) is 0 Å². The van der Waals surface area contributed by atoms with Gasteiger partial charge in [0.25, 0.3) is 0 Å². The van der Waals surface area contributed by atoms with Crippen LogP contribution in [0.3, 0.4) is 0 Å². The van der Waals surface area contributed by atoms with E-state index in [0.717, 1.165) is 0 Å². The maximum Gasteiger partial charge on any atom is 0.307 e. The summed E-state index contributed by atoms with van der Waals surface area (Å²) in [6, 6.07) is 4.49. The molecule has 0 aliphatic heterocycles. The lowest BCUT2D eigenvalue weighted by Crippen LogP contribution is -2.20. The molecule has 1 aromatic carbocycles. The Morgan fingerprint density at radius 3 is 2.78 bits per heavy atom. The zero-order chi connectivity index (χ0) is 13.5. The summed E-state index contributed by atoms with van der Waals surface area (Å²) >= 11 is 0. The number of methoxy groups -OCH3 is 1. The molecule has 1 aromatic rings. The van der Waals surface area contributed by atoms with Gasteiger partial charge in [-0.1, -0.05) is 0 Å². The molecule has 18 heavy (non-hydrogen) atoms. The number of benzene rings is 1. The molecule has 0 bridgehead atoms. The maximum atomic E-state index is 13.6. The third-order valence-electron chi connectivity index (χ3n) is 2.35. The fraction of sp³-hybridized carbons (Fsp3) is 0.462. The first-order chi connectivity index (χ1) is 8.56. The molecule has 0 spiro atoms. The molecule has 0 saturated heterocycles. The van der Waals surface area contributed by atoms with Gasteiger partial charge in [-0.05, 0) is 26.0 Å². The van der Waals surface area contributed by atoms with Gasteiger partial charge in [-0.25, -0.2) is 4.39 Å². The number of ether oxygens (including phenoxy) is 2. The van der Waals surface area contributed by atoms with Crippen molar-refractivity contribution in [1.29, 1.82) is 0 Å². The van der Waals surface area contributed by atoms with Gasteiger partial charge in [-0.3, -0.25) is 4.79 Å². The monoisotopic (exact) mass is 255 g/mol. The first kappa shape index (κ1) is 14.3. The summed E-state index contributed by atoms with van der Waals surface area (Å²) in [5, 5.41) is 3.02. The molecule has 4 nitrogen and oxygen atoms in total. The largest absolute Gasteiger partial charge is 0.491 e. The molecule has 0 heterocycles. The van der Waals surface area contributed by atoms with Crippen LogP contribution in [-0.2, 0) is 9.53 Å². The summed E-state index contributed by atoms with van der Waals surface area (Å²) in [6.45, 7) is 4.04. The van der Waals surface area contributed by atoms with Crippen LogP contribution >= 0.6 is 0 Å². The highest BCUT2D eigenvalue weighted by Crippen LogP contribution is 2.21. The molecule has 5 heteroatoms. The van der Waals surface area contributed by atoms with Crippen molar-refractivity contribution in [3.8, 4) is 5.75 Å². The average Bonchev–Trinajstić information content (AvgIpc) is 2.32. The lowest BCUT2D eigenvalue weighted by atomic mass is 10.2. The fourth-order valence-electron chi connectivity index (χ4n) is 1.53. The molecule has 1 unspecified atom stereocenters. The molecule has 0 saturated carbocycles. The Kier molecular flexibility index (Phi) is 5.42. The van der Waals surface area contributed by atoms with E-state index in [4.69, 9.17) is 4.74 Å². The van der Waals surface area contributed by atoms with Gasteiger partial charge < -0.3 is 14.8 Å². The lowest BCUT2D eigenvalue weighted by molar-refractivity contribution is -0.140. The number of rotatable bonds is 6. The molecule has 0 aromatic heterocycles. The number of carbonyl (C=O) groups is 1. The van der Waals surface area contributed by atoms with Crippen LogP contribution in [0.2, 0.25) is 0 Å². The van der Waals surface area contributed by atoms with Crippen molar-refractivity contribution in [2.75, 3.05) is 19.0 Å². The normalized spacial score (nSPS) is 11.8. The fourth-order valence-corrected chi connectivity index (χ4v) is 1.53. The Bertz CT molecular complexity index is 409. The van der Waals surface area contributed by atoms with Gasteiger partial charge in [0.05, 0.1) is 20.1 Å². The standard InChI is InChI=1S/C13H18FNO3/c1-4-18-12-6-5-10(8-11(12)14)15-9(2)7-13(16)17-3/h5-6,8-9,15H,4,7H2,1-3H3. The van der Waals surface area contributed by atoms with Gasteiger partial charge in [0, 0.05) is 17.8 Å². The molecule has 0 amide bonds. The van der Waals surface area contributed by atoms with Gasteiger partial charge >= 0.3 is 5.97 Å². The molecule has 1 atom stereocenters. The van der Waals surface area contributed by atoms with Crippen LogP contribution in [0.1, 0.15) is 20.3 Å². The Labute approximate surface area is 106 Å². The van der Waals surface area contributed by atoms with Crippen LogP contribution < -0.4 is 10.1 Å². The van der Waals surface area contributed by atoms with E-state index in [1.807, 2.05) is 6.92 Å². The summed E-state index contributed by atoms with van der Waals surface area (Å²) in [4.78, 5) is 11.1. The molecule has 100 valence electrons. The second kappa shape index (κ2) is 6.83.